The first-order chi connectivity index (χ1) is 2.56. The van der Waals surface area contributed by atoms with Gasteiger partial charge in [0.2, 0.25) is 0 Å². The van der Waals surface area contributed by atoms with Gasteiger partial charge in [0.15, 0.2) is 0 Å². The zero-order valence-corrected chi connectivity index (χ0v) is 4.92. The number of nitrogens with two attached hydrogens (primary N) is 2. The second-order valence-electron chi connectivity index (χ2n) is 0.663. The third kappa shape index (κ3) is 10.7. The molecule has 0 aliphatic rings. The molecular formula is H6ClN3O2S. The van der Waals surface area contributed by atoms with E-state index in [1.54, 1.807) is 0 Å². The van der Waals surface area contributed by atoms with Crippen LogP contribution in [0.2, 0.25) is 0 Å². The average molecular weight is 148 g/mol. The van der Waals surface area contributed by atoms with Crippen molar-refractivity contribution in [1.29, 1.82) is 0 Å². The molecule has 0 heterocycles. The number of nitrogens with one attached hydrogen (secondary N) is 1. The molecule has 0 unspecified atom stereocenters. The molecule has 0 saturated carbocycles. The maximum absolute atomic E-state index is 9.54. The van der Waals surface area contributed by atoms with Crippen LogP contribution in [-0.4, -0.2) is 8.42 Å². The van der Waals surface area contributed by atoms with Crippen molar-refractivity contribution in [3.8, 4) is 0 Å². The number of rotatable bonds is 1. The Morgan fingerprint density at radius 1 is 1.43 bits per heavy atom. The molecule has 5 nitrogen and oxygen atoms in total. The molecule has 5 N–H and O–H groups in total. The Balaban J connectivity index is 0. The predicted octanol–water partition coefficient (Wildman–Crippen LogP) is -1.92. The van der Waals surface area contributed by atoms with Crippen LogP contribution in [0.3, 0.4) is 0 Å². The fourth-order valence-electron chi connectivity index (χ4n) is 0. The lowest BCUT2D eigenvalue weighted by molar-refractivity contribution is 0.586. The molecule has 0 bridgehead atoms. The summed E-state index contributed by atoms with van der Waals surface area (Å²) in [6, 6.07) is 0. The number of hydrogen-bond acceptors (Lipinski definition) is 3. The highest BCUT2D eigenvalue weighted by Gasteiger charge is 1.89. The van der Waals surface area contributed by atoms with Crippen molar-refractivity contribution >= 4 is 22.6 Å². The van der Waals surface area contributed by atoms with Gasteiger partial charge >= 0.3 is 0 Å². The van der Waals surface area contributed by atoms with Gasteiger partial charge < -0.3 is 0 Å². The minimum atomic E-state index is -3.63. The summed E-state index contributed by atoms with van der Waals surface area (Å²) in [5, 5.41) is 4.27. The van der Waals surface area contributed by atoms with Gasteiger partial charge in [0.25, 0.3) is 10.2 Å². The Labute approximate surface area is 47.6 Å². The van der Waals surface area contributed by atoms with Crippen LogP contribution >= 0.6 is 12.4 Å². The zero-order valence-electron chi connectivity index (χ0n) is 3.29. The summed E-state index contributed by atoms with van der Waals surface area (Å²) in [6.07, 6.45) is 0. The third-order valence-electron chi connectivity index (χ3n) is 0.164. The van der Waals surface area contributed by atoms with E-state index in [-0.39, 0.29) is 12.4 Å². The molecule has 0 aromatic heterocycles. The van der Waals surface area contributed by atoms with Gasteiger partial charge in [0.1, 0.15) is 0 Å². The Bertz CT molecular complexity index is 115. The summed E-state index contributed by atoms with van der Waals surface area (Å²) >= 11 is 0. The molecule has 7 heteroatoms. The van der Waals surface area contributed by atoms with Crippen LogP contribution in [0.15, 0.2) is 0 Å². The van der Waals surface area contributed by atoms with Gasteiger partial charge in [-0.3, -0.25) is 5.84 Å². The van der Waals surface area contributed by atoms with E-state index in [2.05, 4.69) is 11.0 Å². The summed E-state index contributed by atoms with van der Waals surface area (Å²) < 4.78 is 19.1. The molecule has 0 aromatic rings. The second-order valence-corrected chi connectivity index (χ2v) is 1.99. The van der Waals surface area contributed by atoms with Crippen LogP contribution in [0.25, 0.3) is 0 Å². The Kier molecular flexibility index (Phi) is 4.60. The van der Waals surface area contributed by atoms with Gasteiger partial charge in [-0.1, -0.05) is 0 Å². The van der Waals surface area contributed by atoms with Gasteiger partial charge in [-0.25, -0.2) is 5.14 Å². The Morgan fingerprint density at radius 2 is 1.57 bits per heavy atom. The monoisotopic (exact) mass is 147 g/mol. The minimum Gasteiger partial charge on any atom is -0.257 e. The normalized spacial score (nSPS) is 10.0. The van der Waals surface area contributed by atoms with Crippen LogP contribution < -0.4 is 15.8 Å². The number of hydrogen-bond donors (Lipinski definition) is 3. The summed E-state index contributed by atoms with van der Waals surface area (Å²) in [5.41, 5.74) is 0. The van der Waals surface area contributed by atoms with Crippen molar-refractivity contribution < 1.29 is 8.42 Å². The first-order valence-electron chi connectivity index (χ1n) is 1.06. The highest BCUT2D eigenvalue weighted by atomic mass is 35.5. The molecule has 0 radical (unpaired) electrons. The van der Waals surface area contributed by atoms with Crippen LogP contribution in [0.4, 0.5) is 0 Å². The van der Waals surface area contributed by atoms with Crippen molar-refractivity contribution in [2.24, 2.45) is 11.0 Å². The third-order valence-corrected chi connectivity index (χ3v) is 0.493. The van der Waals surface area contributed by atoms with Gasteiger partial charge in [-0.2, -0.15) is 8.42 Å². The molecule has 0 rings (SSSR count). The zero-order chi connectivity index (χ0) is 5.21. The predicted molar refractivity (Wildman–Crippen MR) is 27.7 cm³/mol. The van der Waals surface area contributed by atoms with E-state index < -0.39 is 10.2 Å². The fraction of sp³-hybridized carbons (Fsp3) is 0. The van der Waals surface area contributed by atoms with E-state index in [1.165, 1.54) is 4.83 Å². The van der Waals surface area contributed by atoms with E-state index in [9.17, 15) is 8.42 Å². The van der Waals surface area contributed by atoms with Crippen molar-refractivity contribution in [2.45, 2.75) is 0 Å². The van der Waals surface area contributed by atoms with Crippen LogP contribution in [0, 0.1) is 0 Å². The number of hydrazine groups is 1. The highest BCUT2D eigenvalue weighted by molar-refractivity contribution is 7.87. The molecule has 7 heavy (non-hydrogen) atoms. The van der Waals surface area contributed by atoms with E-state index in [1.807, 2.05) is 0 Å². The lowest BCUT2D eigenvalue weighted by Crippen LogP contribution is -2.36. The summed E-state index contributed by atoms with van der Waals surface area (Å²) in [6.45, 7) is 0. The van der Waals surface area contributed by atoms with Crippen LogP contribution in [-0.2, 0) is 10.2 Å². The quantitative estimate of drug-likeness (QED) is 0.298. The van der Waals surface area contributed by atoms with Gasteiger partial charge in [0.05, 0.1) is 0 Å². The molecule has 0 amide bonds. The smallest absolute Gasteiger partial charge is 0.257 e. The molecule has 0 atom stereocenters. The van der Waals surface area contributed by atoms with Crippen LogP contribution in [0.5, 0.6) is 0 Å². The van der Waals surface area contributed by atoms with E-state index >= 15 is 0 Å². The van der Waals surface area contributed by atoms with Gasteiger partial charge in [0, 0.05) is 0 Å². The highest BCUT2D eigenvalue weighted by Crippen LogP contribution is 1.50. The van der Waals surface area contributed by atoms with E-state index in [0.717, 1.165) is 0 Å². The van der Waals surface area contributed by atoms with Crippen molar-refractivity contribution in [2.75, 3.05) is 0 Å². The van der Waals surface area contributed by atoms with Crippen molar-refractivity contribution in [3.63, 3.8) is 0 Å². The largest absolute Gasteiger partial charge is 0.287 e. The molecule has 46 valence electrons. The molecule has 0 saturated heterocycles. The van der Waals surface area contributed by atoms with Crippen molar-refractivity contribution in [1.82, 2.24) is 4.83 Å². The molecule has 0 aliphatic carbocycles. The molecule has 0 fully saturated rings. The SMILES string of the molecule is Cl.NNS(N)(=O)=O. The summed E-state index contributed by atoms with van der Waals surface area (Å²) in [5.74, 6) is 4.34. The standard InChI is InChI=1S/ClH.H5N3O2S/c;1-3-6(2,4)5/h1H;3H,1H2,(H2,2,4,5). The first-order valence-corrected chi connectivity index (χ1v) is 2.61. The maximum atomic E-state index is 9.54. The molecular weight excluding hydrogens is 142 g/mol. The summed E-state index contributed by atoms with van der Waals surface area (Å²) in [7, 11) is -3.63. The molecule has 0 aliphatic heterocycles. The molecule has 0 aromatic carbocycles. The molecule has 0 spiro atoms. The maximum Gasteiger partial charge on any atom is 0.287 e. The van der Waals surface area contributed by atoms with Crippen LogP contribution in [0.1, 0.15) is 0 Å². The Morgan fingerprint density at radius 3 is 1.57 bits per heavy atom. The van der Waals surface area contributed by atoms with Gasteiger partial charge in [-0.15, -0.1) is 17.2 Å². The van der Waals surface area contributed by atoms with Gasteiger partial charge in [-0.05, 0) is 0 Å². The van der Waals surface area contributed by atoms with E-state index in [0.29, 0.717) is 0 Å². The first kappa shape index (κ1) is 10.2. The lowest BCUT2D eigenvalue weighted by atomic mass is 13.0. The second kappa shape index (κ2) is 3.16. The van der Waals surface area contributed by atoms with Crippen molar-refractivity contribution in [3.05, 3.63) is 0 Å². The average Bonchev–Trinajstić information content (AvgIpc) is 1.35. The topological polar surface area (TPSA) is 98.2 Å². The lowest BCUT2D eigenvalue weighted by Gasteiger charge is -1.85. The van der Waals surface area contributed by atoms with E-state index in [4.69, 9.17) is 0 Å². The number of halogens is 1. The summed E-state index contributed by atoms with van der Waals surface area (Å²) in [4.78, 5) is 1.35. The minimum absolute atomic E-state index is 0. The Hall–Kier alpha value is 0.120. The fourth-order valence-corrected chi connectivity index (χ4v) is 0.